The molecular formula is C8H6F2O2. The lowest BCUT2D eigenvalue weighted by molar-refractivity contribution is -0.132. The first-order valence-electron chi connectivity index (χ1n) is 3.23. The fraction of sp³-hybridized carbons (Fsp3) is 0.125. The molecule has 0 aliphatic rings. The SMILES string of the molecule is CC(=O)Oc1ccc(F)cc1F. The summed E-state index contributed by atoms with van der Waals surface area (Å²) in [6, 6.07) is 2.73. The van der Waals surface area contributed by atoms with Crippen molar-refractivity contribution in [1.82, 2.24) is 0 Å². The Morgan fingerprint density at radius 1 is 1.42 bits per heavy atom. The molecule has 0 heterocycles. The number of rotatable bonds is 1. The van der Waals surface area contributed by atoms with Crippen LogP contribution in [0.2, 0.25) is 0 Å². The first kappa shape index (κ1) is 8.64. The molecule has 0 N–H and O–H groups in total. The Kier molecular flexibility index (Phi) is 2.38. The highest BCUT2D eigenvalue weighted by Crippen LogP contribution is 2.17. The maximum absolute atomic E-state index is 12.7. The number of ether oxygens (including phenoxy) is 1. The van der Waals surface area contributed by atoms with Gasteiger partial charge in [0.05, 0.1) is 0 Å². The molecule has 0 radical (unpaired) electrons. The molecule has 2 nitrogen and oxygen atoms in total. The molecule has 0 fully saturated rings. The van der Waals surface area contributed by atoms with Crippen molar-refractivity contribution in [3.63, 3.8) is 0 Å². The van der Waals surface area contributed by atoms with E-state index in [0.29, 0.717) is 6.07 Å². The Morgan fingerprint density at radius 2 is 2.08 bits per heavy atom. The van der Waals surface area contributed by atoms with Gasteiger partial charge in [-0.15, -0.1) is 0 Å². The van der Waals surface area contributed by atoms with E-state index in [1.807, 2.05) is 0 Å². The van der Waals surface area contributed by atoms with Crippen LogP contribution >= 0.6 is 0 Å². The summed E-state index contributed by atoms with van der Waals surface area (Å²) in [4.78, 5) is 10.4. The van der Waals surface area contributed by atoms with Gasteiger partial charge in [-0.1, -0.05) is 0 Å². The van der Waals surface area contributed by atoms with Crippen LogP contribution in [0.25, 0.3) is 0 Å². The zero-order valence-electron chi connectivity index (χ0n) is 6.30. The number of benzene rings is 1. The summed E-state index contributed by atoms with van der Waals surface area (Å²) in [5.74, 6) is -2.49. The van der Waals surface area contributed by atoms with Crippen molar-refractivity contribution >= 4 is 5.97 Å². The van der Waals surface area contributed by atoms with Crippen LogP contribution < -0.4 is 4.74 Å². The second-order valence-electron chi connectivity index (χ2n) is 2.17. The predicted molar refractivity (Wildman–Crippen MR) is 37.7 cm³/mol. The lowest BCUT2D eigenvalue weighted by Crippen LogP contribution is -2.03. The quantitative estimate of drug-likeness (QED) is 0.477. The van der Waals surface area contributed by atoms with Crippen LogP contribution in [0.4, 0.5) is 8.78 Å². The standard InChI is InChI=1S/C8H6F2O2/c1-5(11)12-8-3-2-6(9)4-7(8)10/h2-4H,1H3. The lowest BCUT2D eigenvalue weighted by Gasteiger charge is -2.01. The van der Waals surface area contributed by atoms with Crippen molar-refractivity contribution in [3.05, 3.63) is 29.8 Å². The smallest absolute Gasteiger partial charge is 0.308 e. The van der Waals surface area contributed by atoms with Crippen LogP contribution in [-0.2, 0) is 4.79 Å². The third kappa shape index (κ3) is 2.02. The highest BCUT2D eigenvalue weighted by atomic mass is 19.1. The fourth-order valence-electron chi connectivity index (χ4n) is 0.713. The van der Waals surface area contributed by atoms with E-state index in [2.05, 4.69) is 4.74 Å². The molecule has 12 heavy (non-hydrogen) atoms. The Labute approximate surface area is 67.8 Å². The summed E-state index contributed by atoms with van der Waals surface area (Å²) in [5, 5.41) is 0. The average molecular weight is 172 g/mol. The average Bonchev–Trinajstić information content (AvgIpc) is 1.94. The molecule has 0 amide bonds. The van der Waals surface area contributed by atoms with Gasteiger partial charge in [0.25, 0.3) is 0 Å². The molecule has 64 valence electrons. The van der Waals surface area contributed by atoms with E-state index in [9.17, 15) is 13.6 Å². The number of halogens is 2. The fourth-order valence-corrected chi connectivity index (χ4v) is 0.713. The Morgan fingerprint density at radius 3 is 2.58 bits per heavy atom. The van der Waals surface area contributed by atoms with Gasteiger partial charge in [-0.2, -0.15) is 0 Å². The Hall–Kier alpha value is -1.45. The summed E-state index contributed by atoms with van der Waals surface area (Å²) in [6.45, 7) is 1.14. The van der Waals surface area contributed by atoms with Gasteiger partial charge >= 0.3 is 5.97 Å². The molecular weight excluding hydrogens is 166 g/mol. The van der Waals surface area contributed by atoms with E-state index in [0.717, 1.165) is 19.1 Å². The summed E-state index contributed by atoms with van der Waals surface area (Å²) in [5.41, 5.74) is 0. The van der Waals surface area contributed by atoms with Gasteiger partial charge in [-0.25, -0.2) is 8.78 Å². The van der Waals surface area contributed by atoms with Gasteiger partial charge in [0, 0.05) is 13.0 Å². The van der Waals surface area contributed by atoms with Crippen LogP contribution in [0.3, 0.4) is 0 Å². The van der Waals surface area contributed by atoms with Crippen molar-refractivity contribution in [2.45, 2.75) is 6.92 Å². The molecule has 0 saturated heterocycles. The normalized spacial score (nSPS) is 9.58. The van der Waals surface area contributed by atoms with Crippen molar-refractivity contribution in [3.8, 4) is 5.75 Å². The first-order chi connectivity index (χ1) is 5.59. The number of carbonyl (C=O) groups is 1. The molecule has 0 atom stereocenters. The van der Waals surface area contributed by atoms with Gasteiger partial charge in [0.15, 0.2) is 11.6 Å². The largest absolute Gasteiger partial charge is 0.424 e. The highest BCUT2D eigenvalue weighted by molar-refractivity contribution is 5.69. The summed E-state index contributed by atoms with van der Waals surface area (Å²) < 4.78 is 29.4. The third-order valence-electron chi connectivity index (χ3n) is 1.15. The van der Waals surface area contributed by atoms with Crippen LogP contribution in [0.15, 0.2) is 18.2 Å². The number of carbonyl (C=O) groups excluding carboxylic acids is 1. The van der Waals surface area contributed by atoms with Gasteiger partial charge < -0.3 is 4.74 Å². The molecule has 0 bridgehead atoms. The molecule has 0 aliphatic carbocycles. The minimum absolute atomic E-state index is 0.260. The summed E-state index contributed by atoms with van der Waals surface area (Å²) in [7, 11) is 0. The Bertz CT molecular complexity index is 310. The maximum Gasteiger partial charge on any atom is 0.308 e. The van der Waals surface area contributed by atoms with E-state index in [4.69, 9.17) is 0 Å². The van der Waals surface area contributed by atoms with Crippen LogP contribution in [0.1, 0.15) is 6.92 Å². The number of esters is 1. The van der Waals surface area contributed by atoms with Crippen LogP contribution in [-0.4, -0.2) is 5.97 Å². The zero-order valence-corrected chi connectivity index (χ0v) is 6.30. The Balaban J connectivity index is 2.93. The van der Waals surface area contributed by atoms with E-state index in [1.165, 1.54) is 0 Å². The van der Waals surface area contributed by atoms with Crippen molar-refractivity contribution in [1.29, 1.82) is 0 Å². The summed E-state index contributed by atoms with van der Waals surface area (Å²) in [6.07, 6.45) is 0. The molecule has 0 aromatic heterocycles. The molecule has 1 aromatic rings. The van der Waals surface area contributed by atoms with E-state index in [-0.39, 0.29) is 5.75 Å². The number of hydrogen-bond acceptors (Lipinski definition) is 2. The van der Waals surface area contributed by atoms with Crippen molar-refractivity contribution in [2.75, 3.05) is 0 Å². The van der Waals surface area contributed by atoms with Crippen molar-refractivity contribution < 1.29 is 18.3 Å². The van der Waals surface area contributed by atoms with Crippen LogP contribution in [0.5, 0.6) is 5.75 Å². The van der Waals surface area contributed by atoms with Gasteiger partial charge in [0.1, 0.15) is 5.82 Å². The molecule has 4 heteroatoms. The topological polar surface area (TPSA) is 26.3 Å². The summed E-state index contributed by atoms with van der Waals surface area (Å²) >= 11 is 0. The maximum atomic E-state index is 12.7. The van der Waals surface area contributed by atoms with Gasteiger partial charge in [0.2, 0.25) is 0 Å². The second kappa shape index (κ2) is 3.30. The molecule has 0 spiro atoms. The molecule has 1 aromatic carbocycles. The molecule has 0 saturated carbocycles. The molecule has 0 unspecified atom stereocenters. The second-order valence-corrected chi connectivity index (χ2v) is 2.17. The van der Waals surface area contributed by atoms with Gasteiger partial charge in [-0.3, -0.25) is 4.79 Å². The minimum Gasteiger partial charge on any atom is -0.424 e. The first-order valence-corrected chi connectivity index (χ1v) is 3.23. The minimum atomic E-state index is -0.884. The predicted octanol–water partition coefficient (Wildman–Crippen LogP) is 1.89. The third-order valence-corrected chi connectivity index (χ3v) is 1.15. The van der Waals surface area contributed by atoms with Gasteiger partial charge in [-0.05, 0) is 12.1 Å². The lowest BCUT2D eigenvalue weighted by atomic mass is 10.3. The van der Waals surface area contributed by atoms with E-state index < -0.39 is 17.6 Å². The van der Waals surface area contributed by atoms with E-state index in [1.54, 1.807) is 0 Å². The van der Waals surface area contributed by atoms with E-state index >= 15 is 0 Å². The molecule has 1 rings (SSSR count). The monoisotopic (exact) mass is 172 g/mol. The van der Waals surface area contributed by atoms with Crippen molar-refractivity contribution in [2.24, 2.45) is 0 Å². The molecule has 0 aliphatic heterocycles. The zero-order chi connectivity index (χ0) is 9.14. The van der Waals surface area contributed by atoms with Crippen LogP contribution in [0, 0.1) is 11.6 Å². The highest BCUT2D eigenvalue weighted by Gasteiger charge is 2.06. The number of hydrogen-bond donors (Lipinski definition) is 0.